The Balaban J connectivity index is 0.00000121. The average molecular weight is 204 g/mol. The topological polar surface area (TPSA) is 35.5 Å². The van der Waals surface area contributed by atoms with Crippen molar-refractivity contribution in [3.63, 3.8) is 0 Å². The van der Waals surface area contributed by atoms with Crippen LogP contribution in [0.3, 0.4) is 0 Å². The molecule has 1 saturated heterocycles. The molecule has 0 aromatic heterocycles. The van der Waals surface area contributed by atoms with E-state index >= 15 is 0 Å². The number of hydrogen-bond acceptors (Lipinski definition) is 3. The summed E-state index contributed by atoms with van der Waals surface area (Å²) in [5.74, 6) is -0.375. The van der Waals surface area contributed by atoms with Gasteiger partial charge in [-0.2, -0.15) is 0 Å². The minimum absolute atomic E-state index is 0. The Morgan fingerprint density at radius 2 is 2.50 bits per heavy atom. The molecule has 0 aliphatic carbocycles. The van der Waals surface area contributed by atoms with Gasteiger partial charge in [-0.05, 0) is 12.8 Å². The van der Waals surface area contributed by atoms with Crippen LogP contribution in [0.5, 0.6) is 0 Å². The first-order valence-electron chi connectivity index (χ1n) is 3.73. The van der Waals surface area contributed by atoms with E-state index in [1.807, 2.05) is 0 Å². The van der Waals surface area contributed by atoms with Crippen LogP contribution < -0.4 is 0 Å². The minimum Gasteiger partial charge on any atom is -0.460 e. The van der Waals surface area contributed by atoms with Crippen molar-refractivity contribution in [3.8, 4) is 0 Å². The summed E-state index contributed by atoms with van der Waals surface area (Å²) in [6.45, 7) is 4.44. The van der Waals surface area contributed by atoms with Gasteiger partial charge >= 0.3 is 5.97 Å². The van der Waals surface area contributed by atoms with E-state index in [4.69, 9.17) is 9.47 Å². The Kier molecular flexibility index (Phi) is 6.34. The quantitative estimate of drug-likeness (QED) is 0.389. The van der Waals surface area contributed by atoms with Crippen LogP contribution >= 0.6 is 0 Å². The molecular formula is C8H12O3Ti. The first kappa shape index (κ1) is 11.9. The molecule has 1 unspecified atom stereocenters. The maximum absolute atomic E-state index is 10.6. The van der Waals surface area contributed by atoms with Crippen molar-refractivity contribution < 1.29 is 36.0 Å². The Bertz CT molecular complexity index is 152. The van der Waals surface area contributed by atoms with Crippen LogP contribution in [-0.4, -0.2) is 25.3 Å². The molecule has 0 aromatic rings. The van der Waals surface area contributed by atoms with E-state index in [-0.39, 0.29) is 33.8 Å². The molecule has 4 heteroatoms. The van der Waals surface area contributed by atoms with Gasteiger partial charge in [-0.1, -0.05) is 6.58 Å². The van der Waals surface area contributed by atoms with E-state index in [0.29, 0.717) is 6.61 Å². The maximum atomic E-state index is 10.6. The fraction of sp³-hybridized carbons (Fsp3) is 0.625. The molecule has 12 heavy (non-hydrogen) atoms. The summed E-state index contributed by atoms with van der Waals surface area (Å²) in [7, 11) is 0. The van der Waals surface area contributed by atoms with Gasteiger partial charge in [-0.25, -0.2) is 4.79 Å². The van der Waals surface area contributed by atoms with E-state index < -0.39 is 0 Å². The molecule has 0 spiro atoms. The number of carbonyl (C=O) groups is 1. The van der Waals surface area contributed by atoms with Gasteiger partial charge in [-0.3, -0.25) is 0 Å². The predicted molar refractivity (Wildman–Crippen MR) is 40.1 cm³/mol. The molecule has 1 aliphatic rings. The molecule has 0 bridgehead atoms. The van der Waals surface area contributed by atoms with E-state index in [0.717, 1.165) is 25.5 Å². The smallest absolute Gasteiger partial charge is 0.330 e. The number of esters is 1. The van der Waals surface area contributed by atoms with Gasteiger partial charge in [0, 0.05) is 34.4 Å². The molecule has 1 atom stereocenters. The molecule has 66 valence electrons. The SMILES string of the molecule is C=CC(=O)OCC1CCCO1.[Ti]. The van der Waals surface area contributed by atoms with Crippen LogP contribution in [-0.2, 0) is 36.0 Å². The third kappa shape index (κ3) is 4.05. The summed E-state index contributed by atoms with van der Waals surface area (Å²) in [6, 6.07) is 0. The Morgan fingerprint density at radius 1 is 1.75 bits per heavy atom. The third-order valence-corrected chi connectivity index (χ3v) is 1.60. The van der Waals surface area contributed by atoms with Gasteiger partial charge in [0.15, 0.2) is 0 Å². The summed E-state index contributed by atoms with van der Waals surface area (Å²) in [5.41, 5.74) is 0. The van der Waals surface area contributed by atoms with E-state index in [1.54, 1.807) is 0 Å². The normalized spacial score (nSPS) is 21.2. The van der Waals surface area contributed by atoms with Crippen LogP contribution in [0.2, 0.25) is 0 Å². The van der Waals surface area contributed by atoms with Crippen molar-refractivity contribution in [1.29, 1.82) is 0 Å². The summed E-state index contributed by atoms with van der Waals surface area (Å²) in [6.07, 6.45) is 3.33. The van der Waals surface area contributed by atoms with Gasteiger partial charge in [0.05, 0.1) is 6.10 Å². The third-order valence-electron chi connectivity index (χ3n) is 1.60. The number of hydrogen-bond donors (Lipinski definition) is 0. The van der Waals surface area contributed by atoms with Crippen molar-refractivity contribution >= 4 is 5.97 Å². The van der Waals surface area contributed by atoms with Crippen LogP contribution in [0.1, 0.15) is 12.8 Å². The molecule has 0 aromatic carbocycles. The fourth-order valence-corrected chi connectivity index (χ4v) is 1.01. The molecule has 1 rings (SSSR count). The Labute approximate surface area is 87.0 Å². The van der Waals surface area contributed by atoms with Crippen LogP contribution in [0.4, 0.5) is 0 Å². The summed E-state index contributed by atoms with van der Waals surface area (Å²) in [5, 5.41) is 0. The number of ether oxygens (including phenoxy) is 2. The van der Waals surface area contributed by atoms with Crippen LogP contribution in [0, 0.1) is 0 Å². The molecule has 0 N–H and O–H groups in total. The molecular weight excluding hydrogens is 192 g/mol. The zero-order chi connectivity index (χ0) is 8.10. The second-order valence-electron chi connectivity index (χ2n) is 2.47. The summed E-state index contributed by atoms with van der Waals surface area (Å²) < 4.78 is 10.0. The van der Waals surface area contributed by atoms with E-state index in [1.165, 1.54) is 0 Å². The molecule has 1 heterocycles. The van der Waals surface area contributed by atoms with Crippen molar-refractivity contribution in [1.82, 2.24) is 0 Å². The Morgan fingerprint density at radius 3 is 3.00 bits per heavy atom. The number of carbonyl (C=O) groups excluding carboxylic acids is 1. The van der Waals surface area contributed by atoms with E-state index in [9.17, 15) is 4.79 Å². The average Bonchev–Trinajstić information content (AvgIpc) is 2.52. The largest absolute Gasteiger partial charge is 0.460 e. The maximum Gasteiger partial charge on any atom is 0.330 e. The summed E-state index contributed by atoms with van der Waals surface area (Å²) >= 11 is 0. The van der Waals surface area contributed by atoms with Crippen LogP contribution in [0.25, 0.3) is 0 Å². The van der Waals surface area contributed by atoms with Gasteiger partial charge in [0.25, 0.3) is 0 Å². The van der Waals surface area contributed by atoms with Gasteiger partial charge < -0.3 is 9.47 Å². The minimum atomic E-state index is -0.375. The Hall–Kier alpha value is -0.116. The van der Waals surface area contributed by atoms with Crippen molar-refractivity contribution in [2.75, 3.05) is 13.2 Å². The van der Waals surface area contributed by atoms with Gasteiger partial charge in [-0.15, -0.1) is 0 Å². The molecule has 0 amide bonds. The van der Waals surface area contributed by atoms with Crippen molar-refractivity contribution in [2.24, 2.45) is 0 Å². The van der Waals surface area contributed by atoms with Crippen LogP contribution in [0.15, 0.2) is 12.7 Å². The fourth-order valence-electron chi connectivity index (χ4n) is 1.01. The summed E-state index contributed by atoms with van der Waals surface area (Å²) in [4.78, 5) is 10.6. The standard InChI is InChI=1S/C8H12O3.Ti/c1-2-8(9)11-6-7-4-3-5-10-7;/h2,7H,1,3-6H2;. The van der Waals surface area contributed by atoms with Gasteiger partial charge in [0.1, 0.15) is 6.61 Å². The van der Waals surface area contributed by atoms with Gasteiger partial charge in [0.2, 0.25) is 0 Å². The number of rotatable bonds is 3. The monoisotopic (exact) mass is 204 g/mol. The second-order valence-corrected chi connectivity index (χ2v) is 2.47. The van der Waals surface area contributed by atoms with Crippen molar-refractivity contribution in [2.45, 2.75) is 18.9 Å². The second kappa shape index (κ2) is 6.41. The predicted octanol–water partition coefficient (Wildman–Crippen LogP) is 0.892. The van der Waals surface area contributed by atoms with Crippen molar-refractivity contribution in [3.05, 3.63) is 12.7 Å². The zero-order valence-electron chi connectivity index (χ0n) is 6.91. The zero-order valence-corrected chi connectivity index (χ0v) is 8.48. The molecule has 0 radical (unpaired) electrons. The first-order chi connectivity index (χ1) is 5.33. The molecule has 3 nitrogen and oxygen atoms in total. The van der Waals surface area contributed by atoms with E-state index in [2.05, 4.69) is 6.58 Å². The molecule has 0 saturated carbocycles. The first-order valence-corrected chi connectivity index (χ1v) is 3.73. The molecule has 1 aliphatic heterocycles. The molecule has 1 fully saturated rings.